The van der Waals surface area contributed by atoms with Crippen LogP contribution in [0.5, 0.6) is 11.5 Å². The van der Waals surface area contributed by atoms with Crippen LogP contribution in [0.15, 0.2) is 111 Å². The van der Waals surface area contributed by atoms with Crippen LogP contribution in [0.3, 0.4) is 0 Å². The number of esters is 1. The van der Waals surface area contributed by atoms with Crippen molar-refractivity contribution in [3.05, 3.63) is 138 Å². The number of halogens is 1. The van der Waals surface area contributed by atoms with Gasteiger partial charge in [-0.15, -0.1) is 0 Å². The number of hydrogen-bond acceptors (Lipinski definition) is 7. The molecular weight excluding hydrogens is 616 g/mol. The molecule has 4 aromatic rings. The monoisotopic (exact) mass is 644 g/mol. The van der Waals surface area contributed by atoms with Crippen LogP contribution in [0.4, 0.5) is 0 Å². The molecule has 0 unspecified atom stereocenters. The third-order valence-corrected chi connectivity index (χ3v) is 8.17. The minimum absolute atomic E-state index is 0.209. The predicted molar refractivity (Wildman–Crippen MR) is 167 cm³/mol. The molecule has 1 aromatic heterocycles. The zero-order valence-corrected chi connectivity index (χ0v) is 25.6. The number of carbonyl (C=O) groups is 1. The number of rotatable bonds is 10. The van der Waals surface area contributed by atoms with Crippen molar-refractivity contribution in [2.45, 2.75) is 26.5 Å². The number of aromatic nitrogens is 1. The molecule has 1 aliphatic rings. The molecule has 9 heteroatoms. The molecule has 0 amide bonds. The van der Waals surface area contributed by atoms with Gasteiger partial charge in [0.05, 0.1) is 32.9 Å². The van der Waals surface area contributed by atoms with Gasteiger partial charge in [0.25, 0.3) is 5.56 Å². The summed E-state index contributed by atoms with van der Waals surface area (Å²) in [6.45, 7) is 8.22. The maximum absolute atomic E-state index is 13.9. The van der Waals surface area contributed by atoms with E-state index < -0.39 is 12.0 Å². The van der Waals surface area contributed by atoms with Crippen molar-refractivity contribution in [1.29, 1.82) is 0 Å². The molecule has 0 saturated carbocycles. The van der Waals surface area contributed by atoms with E-state index in [0.717, 1.165) is 21.2 Å². The lowest BCUT2D eigenvalue weighted by atomic mass is 9.96. The molecule has 0 bridgehead atoms. The average Bonchev–Trinajstić information content (AvgIpc) is 3.29. The Labute approximate surface area is 255 Å². The SMILES string of the molecule is C=CCOc1ccc([C@H]2C(C(=O)OCC)=C(C)N=c3s/c(=C\c4ccc(OCc5ccccc5)c(Br)c4)c(=O)n32)cc1. The third-order valence-electron chi connectivity index (χ3n) is 6.57. The summed E-state index contributed by atoms with van der Waals surface area (Å²) in [4.78, 5) is 32.2. The lowest BCUT2D eigenvalue weighted by Gasteiger charge is -2.24. The molecule has 1 aliphatic heterocycles. The maximum atomic E-state index is 13.9. The quantitative estimate of drug-likeness (QED) is 0.163. The molecule has 214 valence electrons. The Bertz CT molecular complexity index is 1820. The number of nitrogens with zero attached hydrogens (tertiary/aromatic N) is 2. The van der Waals surface area contributed by atoms with Crippen molar-refractivity contribution < 1.29 is 19.0 Å². The summed E-state index contributed by atoms with van der Waals surface area (Å²) in [5, 5.41) is 0. The number of benzene rings is 3. The molecule has 1 atom stereocenters. The second-order valence-corrected chi connectivity index (χ2v) is 11.3. The highest BCUT2D eigenvalue weighted by Gasteiger charge is 2.33. The van der Waals surface area contributed by atoms with E-state index in [9.17, 15) is 9.59 Å². The Morgan fingerprint density at radius 1 is 1.10 bits per heavy atom. The average molecular weight is 646 g/mol. The van der Waals surface area contributed by atoms with Gasteiger partial charge in [0.1, 0.15) is 24.7 Å². The molecule has 0 spiro atoms. The number of hydrogen-bond donors (Lipinski definition) is 0. The van der Waals surface area contributed by atoms with Crippen LogP contribution >= 0.6 is 27.3 Å². The van der Waals surface area contributed by atoms with E-state index in [4.69, 9.17) is 14.2 Å². The standard InChI is InChI=1S/C33H29BrN2O5S/c1-4-17-40-25-14-12-24(13-15-25)30-29(32(38)39-5-2)21(3)35-33-36(30)31(37)28(42-33)19-23-11-16-27(26(34)18-23)41-20-22-9-7-6-8-10-22/h4,6-16,18-19,30H,1,5,17,20H2,2-3H3/b28-19-/t30-/m0/s1. The van der Waals surface area contributed by atoms with Crippen molar-refractivity contribution in [1.82, 2.24) is 4.57 Å². The van der Waals surface area contributed by atoms with Gasteiger partial charge < -0.3 is 14.2 Å². The Morgan fingerprint density at radius 2 is 1.86 bits per heavy atom. The first kappa shape index (κ1) is 29.3. The van der Waals surface area contributed by atoms with E-state index >= 15 is 0 Å². The lowest BCUT2D eigenvalue weighted by molar-refractivity contribution is -0.139. The molecule has 42 heavy (non-hydrogen) atoms. The van der Waals surface area contributed by atoms with Gasteiger partial charge in [0.15, 0.2) is 4.80 Å². The van der Waals surface area contributed by atoms with Crippen molar-refractivity contribution in [3.63, 3.8) is 0 Å². The van der Waals surface area contributed by atoms with Gasteiger partial charge in [-0.3, -0.25) is 9.36 Å². The number of allylic oxidation sites excluding steroid dienone is 1. The van der Waals surface area contributed by atoms with Crippen LogP contribution in [-0.4, -0.2) is 23.8 Å². The maximum Gasteiger partial charge on any atom is 0.338 e. The van der Waals surface area contributed by atoms with Gasteiger partial charge in [0.2, 0.25) is 0 Å². The summed E-state index contributed by atoms with van der Waals surface area (Å²) in [6.07, 6.45) is 3.49. The van der Waals surface area contributed by atoms with Crippen LogP contribution < -0.4 is 24.4 Å². The van der Waals surface area contributed by atoms with Gasteiger partial charge in [-0.05, 0) is 76.8 Å². The van der Waals surface area contributed by atoms with Gasteiger partial charge in [-0.1, -0.05) is 72.5 Å². The molecule has 5 rings (SSSR count). The first-order valence-corrected chi connectivity index (χ1v) is 15.0. The minimum atomic E-state index is -0.698. The van der Waals surface area contributed by atoms with E-state index in [1.807, 2.05) is 78.9 Å². The van der Waals surface area contributed by atoms with Crippen molar-refractivity contribution >= 4 is 39.3 Å². The van der Waals surface area contributed by atoms with E-state index in [1.54, 1.807) is 24.5 Å². The summed E-state index contributed by atoms with van der Waals surface area (Å²) >= 11 is 4.88. The summed E-state index contributed by atoms with van der Waals surface area (Å²) in [7, 11) is 0. The largest absolute Gasteiger partial charge is 0.490 e. The van der Waals surface area contributed by atoms with Crippen LogP contribution in [0, 0.1) is 0 Å². The smallest absolute Gasteiger partial charge is 0.338 e. The molecule has 2 heterocycles. The number of fused-ring (bicyclic) bond motifs is 1. The zero-order valence-electron chi connectivity index (χ0n) is 23.2. The fourth-order valence-corrected chi connectivity index (χ4v) is 6.18. The highest BCUT2D eigenvalue weighted by atomic mass is 79.9. The molecule has 3 aromatic carbocycles. The molecule has 0 radical (unpaired) electrons. The summed E-state index contributed by atoms with van der Waals surface area (Å²) < 4.78 is 19.8. The normalized spacial score (nSPS) is 14.6. The Kier molecular flexibility index (Phi) is 9.19. The third kappa shape index (κ3) is 6.32. The molecule has 0 fully saturated rings. The molecule has 0 N–H and O–H groups in total. The van der Waals surface area contributed by atoms with Crippen LogP contribution in [0.2, 0.25) is 0 Å². The van der Waals surface area contributed by atoms with Gasteiger partial charge in [-0.2, -0.15) is 0 Å². The summed E-state index contributed by atoms with van der Waals surface area (Å²) in [5.41, 5.74) is 3.24. The van der Waals surface area contributed by atoms with Crippen LogP contribution in [-0.2, 0) is 16.1 Å². The zero-order chi connectivity index (χ0) is 29.6. The minimum Gasteiger partial charge on any atom is -0.490 e. The fraction of sp³-hybridized carbons (Fsp3) is 0.182. The topological polar surface area (TPSA) is 79.1 Å². The van der Waals surface area contributed by atoms with Gasteiger partial charge >= 0.3 is 5.97 Å². The summed E-state index contributed by atoms with van der Waals surface area (Å²) in [5.74, 6) is 0.860. The first-order chi connectivity index (χ1) is 20.4. The highest BCUT2D eigenvalue weighted by molar-refractivity contribution is 9.10. The number of ether oxygens (including phenoxy) is 3. The number of thiazole rings is 1. The molecule has 0 saturated heterocycles. The fourth-order valence-electron chi connectivity index (χ4n) is 4.62. The molecular formula is C33H29BrN2O5S. The van der Waals surface area contributed by atoms with Crippen LogP contribution in [0.1, 0.15) is 36.6 Å². The summed E-state index contributed by atoms with van der Waals surface area (Å²) in [6, 6.07) is 22.2. The predicted octanol–water partition coefficient (Wildman–Crippen LogP) is 5.70. The Hall–Kier alpha value is -4.21. The van der Waals surface area contributed by atoms with Crippen molar-refractivity contribution in [3.8, 4) is 11.5 Å². The first-order valence-electron chi connectivity index (χ1n) is 13.4. The van der Waals surface area contributed by atoms with E-state index in [1.165, 1.54) is 11.3 Å². The molecule has 7 nitrogen and oxygen atoms in total. The Balaban J connectivity index is 1.52. The number of carbonyl (C=O) groups excluding carboxylic acids is 1. The van der Waals surface area contributed by atoms with Gasteiger partial charge in [-0.25, -0.2) is 9.79 Å². The molecule has 0 aliphatic carbocycles. The highest BCUT2D eigenvalue weighted by Crippen LogP contribution is 2.32. The second kappa shape index (κ2) is 13.2. The van der Waals surface area contributed by atoms with E-state index in [0.29, 0.717) is 45.3 Å². The lowest BCUT2D eigenvalue weighted by Crippen LogP contribution is -2.39. The van der Waals surface area contributed by atoms with Gasteiger partial charge in [0, 0.05) is 0 Å². The second-order valence-electron chi connectivity index (χ2n) is 9.44. The van der Waals surface area contributed by atoms with Crippen molar-refractivity contribution in [2.24, 2.45) is 4.99 Å². The van der Waals surface area contributed by atoms with Crippen molar-refractivity contribution in [2.75, 3.05) is 13.2 Å². The van der Waals surface area contributed by atoms with E-state index in [-0.39, 0.29) is 12.2 Å². The van der Waals surface area contributed by atoms with E-state index in [2.05, 4.69) is 27.5 Å². The van der Waals surface area contributed by atoms with Crippen LogP contribution in [0.25, 0.3) is 6.08 Å². The Morgan fingerprint density at radius 3 is 2.55 bits per heavy atom.